The van der Waals surface area contributed by atoms with Crippen molar-refractivity contribution in [3.05, 3.63) is 46.8 Å². The summed E-state index contributed by atoms with van der Waals surface area (Å²) in [5.74, 6) is 1.85. The van der Waals surface area contributed by atoms with E-state index in [4.69, 9.17) is 9.47 Å². The summed E-state index contributed by atoms with van der Waals surface area (Å²) >= 11 is 1.43. The minimum Gasteiger partial charge on any atom is -0.481 e. The Bertz CT molecular complexity index is 1440. The van der Waals surface area contributed by atoms with E-state index < -0.39 is 6.09 Å². The van der Waals surface area contributed by atoms with E-state index in [1.54, 1.807) is 40.8 Å². The molecule has 0 spiro atoms. The van der Waals surface area contributed by atoms with Crippen molar-refractivity contribution in [3.63, 3.8) is 0 Å². The van der Waals surface area contributed by atoms with Crippen LogP contribution < -0.4 is 20.5 Å². The molecule has 1 N–H and O–H groups in total. The van der Waals surface area contributed by atoms with Gasteiger partial charge in [0.2, 0.25) is 11.8 Å². The fourth-order valence-corrected chi connectivity index (χ4v) is 5.84. The zero-order valence-electron chi connectivity index (χ0n) is 20.3. The molecule has 3 aliphatic rings. The van der Waals surface area contributed by atoms with Crippen molar-refractivity contribution < 1.29 is 19.1 Å². The number of hydrogen-bond donors (Lipinski definition) is 1. The van der Waals surface area contributed by atoms with Crippen LogP contribution in [0.5, 0.6) is 5.88 Å². The van der Waals surface area contributed by atoms with E-state index >= 15 is 0 Å². The monoisotopic (exact) mass is 522 g/mol. The minimum atomic E-state index is -0.438. The maximum absolute atomic E-state index is 12.9. The highest BCUT2D eigenvalue weighted by atomic mass is 32.2. The summed E-state index contributed by atoms with van der Waals surface area (Å²) in [5.41, 5.74) is 0.476. The van der Waals surface area contributed by atoms with Crippen LogP contribution in [0.2, 0.25) is 0 Å². The summed E-state index contributed by atoms with van der Waals surface area (Å²) in [6.07, 6.45) is 0.183. The first kappa shape index (κ1) is 23.7. The summed E-state index contributed by atoms with van der Waals surface area (Å²) < 4.78 is 12.7. The van der Waals surface area contributed by atoms with Crippen LogP contribution in [0.1, 0.15) is 6.42 Å². The fourth-order valence-electron chi connectivity index (χ4n) is 5.08. The van der Waals surface area contributed by atoms with Gasteiger partial charge < -0.3 is 14.8 Å². The molecule has 0 unspecified atom stereocenters. The van der Waals surface area contributed by atoms with E-state index in [0.717, 1.165) is 23.2 Å². The molecule has 3 aromatic rings. The van der Waals surface area contributed by atoms with Crippen LogP contribution in [0.25, 0.3) is 11.0 Å². The quantitative estimate of drug-likeness (QED) is 0.538. The summed E-state index contributed by atoms with van der Waals surface area (Å²) in [4.78, 5) is 50.9. The number of aromatic nitrogens is 3. The molecule has 6 rings (SSSR count). The van der Waals surface area contributed by atoms with E-state index in [0.29, 0.717) is 55.1 Å². The van der Waals surface area contributed by atoms with Gasteiger partial charge in [0.05, 0.1) is 17.8 Å². The van der Waals surface area contributed by atoms with Gasteiger partial charge in [-0.3, -0.25) is 24.0 Å². The second-order valence-corrected chi connectivity index (χ2v) is 10.3. The minimum absolute atomic E-state index is 0.100. The van der Waals surface area contributed by atoms with Crippen molar-refractivity contribution in [2.24, 2.45) is 5.92 Å². The molecule has 0 aliphatic carbocycles. The molecule has 2 saturated heterocycles. The molecular formula is C25H26N6O5S. The van der Waals surface area contributed by atoms with Crippen LogP contribution in [0.15, 0.2) is 46.1 Å². The Morgan fingerprint density at radius 3 is 2.81 bits per heavy atom. The molecule has 6 heterocycles. The Kier molecular flexibility index (Phi) is 6.21. The lowest BCUT2D eigenvalue weighted by Gasteiger charge is -2.43. The van der Waals surface area contributed by atoms with E-state index in [1.807, 2.05) is 12.1 Å². The van der Waals surface area contributed by atoms with Crippen molar-refractivity contribution in [2.75, 3.05) is 49.3 Å². The van der Waals surface area contributed by atoms with Crippen molar-refractivity contribution in [3.8, 4) is 5.88 Å². The molecule has 3 aliphatic heterocycles. The summed E-state index contributed by atoms with van der Waals surface area (Å²) in [7, 11) is 1.55. The van der Waals surface area contributed by atoms with Gasteiger partial charge in [0.1, 0.15) is 23.4 Å². The van der Waals surface area contributed by atoms with E-state index in [1.165, 1.54) is 11.8 Å². The number of hydrogen-bond acceptors (Lipinski definition) is 9. The van der Waals surface area contributed by atoms with E-state index in [2.05, 4.69) is 20.2 Å². The zero-order valence-corrected chi connectivity index (χ0v) is 21.1. The first-order valence-corrected chi connectivity index (χ1v) is 13.2. The lowest BCUT2D eigenvalue weighted by Crippen LogP contribution is -2.56. The smallest absolute Gasteiger partial charge is 0.415 e. The topological polar surface area (TPSA) is 119 Å². The molecule has 37 heavy (non-hydrogen) atoms. The third-order valence-corrected chi connectivity index (χ3v) is 8.11. The molecule has 2 atom stereocenters. The van der Waals surface area contributed by atoms with Crippen LogP contribution in [0, 0.1) is 5.92 Å². The van der Waals surface area contributed by atoms with Crippen LogP contribution in [-0.4, -0.2) is 76.6 Å². The third-order valence-electron chi connectivity index (χ3n) is 7.06. The average Bonchev–Trinajstić information content (AvgIpc) is 2.91. The van der Waals surface area contributed by atoms with E-state index in [9.17, 15) is 14.4 Å². The fraction of sp³-hybridized carbons (Fsp3) is 0.400. The number of fused-ring (bicyclic) bond motifs is 3. The van der Waals surface area contributed by atoms with E-state index in [-0.39, 0.29) is 23.5 Å². The van der Waals surface area contributed by atoms with Gasteiger partial charge in [-0.05, 0) is 37.2 Å². The number of ether oxygens (including phenoxy) is 2. The lowest BCUT2D eigenvalue weighted by atomic mass is 9.92. The number of rotatable bonds is 5. The van der Waals surface area contributed by atoms with Crippen molar-refractivity contribution >= 4 is 46.4 Å². The summed E-state index contributed by atoms with van der Waals surface area (Å²) in [6.45, 7) is 3.04. The summed E-state index contributed by atoms with van der Waals surface area (Å²) in [5, 5.41) is 3.64. The molecule has 12 heteroatoms. The van der Waals surface area contributed by atoms with Crippen molar-refractivity contribution in [1.82, 2.24) is 19.4 Å². The van der Waals surface area contributed by atoms with Gasteiger partial charge in [0.15, 0.2) is 0 Å². The van der Waals surface area contributed by atoms with Gasteiger partial charge in [-0.2, -0.15) is 4.98 Å². The SMILES string of the molecule is COc1ccc2ccc(=O)n(CCN3CC[C@@H]4CN(c5ccc6c(n5)NC(=O)CS6)C(=O)O[C@H]4C3)c2n1. The number of nitrogens with zero attached hydrogens (tertiary/aromatic N) is 5. The molecule has 0 saturated carbocycles. The maximum Gasteiger partial charge on any atom is 0.415 e. The Morgan fingerprint density at radius 1 is 1.08 bits per heavy atom. The Morgan fingerprint density at radius 2 is 1.95 bits per heavy atom. The second-order valence-electron chi connectivity index (χ2n) is 9.32. The molecule has 2 fully saturated rings. The van der Waals surface area contributed by atoms with Crippen LogP contribution in [-0.2, 0) is 16.1 Å². The van der Waals surface area contributed by atoms with Gasteiger partial charge in [0.25, 0.3) is 5.56 Å². The predicted octanol–water partition coefficient (Wildman–Crippen LogP) is 2.19. The first-order valence-electron chi connectivity index (χ1n) is 12.2. The number of pyridine rings is 3. The number of carbonyl (C=O) groups excluding carboxylic acids is 2. The number of thioether (sulfide) groups is 1. The molecule has 0 bridgehead atoms. The third kappa shape index (κ3) is 4.62. The number of nitrogens with one attached hydrogen (secondary N) is 1. The second kappa shape index (κ2) is 9.67. The summed E-state index contributed by atoms with van der Waals surface area (Å²) in [6, 6.07) is 10.7. The standard InChI is InChI=1S/C25H26N6O5S/c1-35-21-6-2-15-3-7-22(33)30(24(15)28-21)11-10-29-9-8-16-12-31(25(34)36-17(16)13-29)19-5-4-18-23(26-19)27-20(32)14-37-18/h2-7,16-17H,8-14H2,1H3,(H,26,27,32)/t16-,17+/m1/s1. The maximum atomic E-state index is 12.9. The highest BCUT2D eigenvalue weighted by Crippen LogP contribution is 2.34. The predicted molar refractivity (Wildman–Crippen MR) is 138 cm³/mol. The van der Waals surface area contributed by atoms with Gasteiger partial charge in [-0.25, -0.2) is 9.78 Å². The number of carbonyl (C=O) groups is 2. The first-order chi connectivity index (χ1) is 18.0. The molecule has 3 aromatic heterocycles. The van der Waals surface area contributed by atoms with Gasteiger partial charge in [-0.15, -0.1) is 11.8 Å². The highest BCUT2D eigenvalue weighted by molar-refractivity contribution is 8.00. The molecular weight excluding hydrogens is 496 g/mol. The van der Waals surface area contributed by atoms with Crippen molar-refractivity contribution in [1.29, 1.82) is 0 Å². The Balaban J connectivity index is 1.12. The number of anilines is 2. The van der Waals surface area contributed by atoms with Crippen LogP contribution >= 0.6 is 11.8 Å². The van der Waals surface area contributed by atoms with Gasteiger partial charge in [-0.1, -0.05) is 0 Å². The van der Waals surface area contributed by atoms with Gasteiger partial charge in [0, 0.05) is 49.6 Å². The molecule has 0 radical (unpaired) electrons. The number of piperidine rings is 1. The number of methoxy groups -OCH3 is 1. The molecule has 2 amide bonds. The Hall–Kier alpha value is -3.64. The molecule has 11 nitrogen and oxygen atoms in total. The van der Waals surface area contributed by atoms with Gasteiger partial charge >= 0.3 is 6.09 Å². The van der Waals surface area contributed by atoms with Crippen molar-refractivity contribution in [2.45, 2.75) is 24.0 Å². The zero-order chi connectivity index (χ0) is 25.5. The normalized spacial score (nSPS) is 21.7. The number of amides is 2. The molecule has 192 valence electrons. The van der Waals surface area contributed by atoms with Crippen LogP contribution in [0.3, 0.4) is 0 Å². The highest BCUT2D eigenvalue weighted by Gasteiger charge is 2.40. The lowest BCUT2D eigenvalue weighted by molar-refractivity contribution is -0.113. The largest absolute Gasteiger partial charge is 0.481 e. The molecule has 0 aromatic carbocycles. The number of likely N-dealkylation sites (tertiary alicyclic amines) is 1. The van der Waals surface area contributed by atoms with Crippen LogP contribution in [0.4, 0.5) is 16.4 Å². The average molecular weight is 523 g/mol. The Labute approximate surface area is 216 Å².